The van der Waals surface area contributed by atoms with Crippen molar-refractivity contribution in [2.75, 3.05) is 18.2 Å². The number of carbonyl (C=O) groups is 2. The van der Waals surface area contributed by atoms with Crippen molar-refractivity contribution in [2.24, 2.45) is 5.92 Å². The van der Waals surface area contributed by atoms with Gasteiger partial charge in [0, 0.05) is 23.6 Å². The quantitative estimate of drug-likeness (QED) is 0.320. The first-order chi connectivity index (χ1) is 19.0. The molecule has 40 heavy (non-hydrogen) atoms. The van der Waals surface area contributed by atoms with Crippen LogP contribution in [0.15, 0.2) is 35.2 Å². The van der Waals surface area contributed by atoms with Crippen LogP contribution in [0.5, 0.6) is 5.75 Å². The molecule has 3 aromatic heterocycles. The maximum absolute atomic E-state index is 13.8. The average Bonchev–Trinajstić information content (AvgIpc) is 3.42. The highest BCUT2D eigenvalue weighted by Crippen LogP contribution is 2.48. The molecule has 0 radical (unpaired) electrons. The molecule has 4 aromatic rings. The largest absolute Gasteiger partial charge is 0.497 e. The summed E-state index contributed by atoms with van der Waals surface area (Å²) in [6.45, 7) is 1.31. The second-order valence-electron chi connectivity index (χ2n) is 10.1. The number of carbonyl (C=O) groups excluding carboxylic acids is 2. The number of nitrogens with one attached hydrogen (secondary N) is 1. The molecule has 0 unspecified atom stereocenters. The van der Waals surface area contributed by atoms with Crippen molar-refractivity contribution in [3.63, 3.8) is 0 Å². The Balaban J connectivity index is 1.35. The number of ether oxygens (including phenoxy) is 1. The molecule has 3 N–H and O–H groups in total. The molecule has 2 fully saturated rings. The molecule has 0 spiro atoms. The van der Waals surface area contributed by atoms with Crippen LogP contribution in [0.1, 0.15) is 24.0 Å². The number of hydrogen-bond acceptors (Lipinski definition) is 7. The average molecular weight is 618 g/mol. The number of nitrogen functional groups attached to an aromatic ring is 1. The fourth-order valence-corrected chi connectivity index (χ4v) is 6.15. The van der Waals surface area contributed by atoms with E-state index in [-0.39, 0.29) is 58.4 Å². The fraction of sp³-hybridized carbons (Fsp3) is 0.346. The number of hydrogen-bond donors (Lipinski definition) is 2. The molecule has 1 saturated carbocycles. The molecular formula is C26H23BrF3N7O3. The van der Waals surface area contributed by atoms with E-state index in [4.69, 9.17) is 10.5 Å². The lowest BCUT2D eigenvalue weighted by Crippen LogP contribution is -2.46. The van der Waals surface area contributed by atoms with E-state index in [1.54, 1.807) is 28.5 Å². The van der Waals surface area contributed by atoms with Crippen molar-refractivity contribution in [3.8, 4) is 5.75 Å². The lowest BCUT2D eigenvalue weighted by molar-refractivity contribution is -0.138. The third-order valence-corrected chi connectivity index (χ3v) is 7.93. The highest BCUT2D eigenvalue weighted by atomic mass is 79.9. The molecule has 1 saturated heterocycles. The summed E-state index contributed by atoms with van der Waals surface area (Å²) in [4.78, 5) is 41.2. The first kappa shape index (κ1) is 26.3. The molecule has 10 nitrogen and oxygen atoms in total. The van der Waals surface area contributed by atoms with Gasteiger partial charge in [-0.05, 0) is 59.3 Å². The zero-order valence-corrected chi connectivity index (χ0v) is 22.9. The van der Waals surface area contributed by atoms with Crippen LogP contribution in [0.3, 0.4) is 0 Å². The highest BCUT2D eigenvalue weighted by Gasteiger charge is 2.56. The lowest BCUT2D eigenvalue weighted by Gasteiger charge is -2.27. The van der Waals surface area contributed by atoms with Crippen molar-refractivity contribution in [2.45, 2.75) is 44.6 Å². The Morgan fingerprint density at radius 1 is 1.20 bits per heavy atom. The predicted octanol–water partition coefficient (Wildman–Crippen LogP) is 4.29. The molecule has 1 aliphatic heterocycles. The van der Waals surface area contributed by atoms with Crippen molar-refractivity contribution in [1.29, 1.82) is 0 Å². The number of rotatable bonds is 5. The summed E-state index contributed by atoms with van der Waals surface area (Å²) < 4.78 is 48.1. The topological polar surface area (TPSA) is 128 Å². The van der Waals surface area contributed by atoms with E-state index >= 15 is 0 Å². The molecule has 4 heterocycles. The minimum Gasteiger partial charge on any atom is -0.497 e. The van der Waals surface area contributed by atoms with Gasteiger partial charge in [0.25, 0.3) is 0 Å². The molecule has 3 atom stereocenters. The number of nitrogens with two attached hydrogens (primary N) is 1. The number of aryl methyl sites for hydroxylation is 1. The van der Waals surface area contributed by atoms with Crippen LogP contribution in [-0.4, -0.2) is 55.4 Å². The number of benzene rings is 1. The standard InChI is InChI=1S/C26H23BrF3N7O3/c1-11-3-13(26(28,29)30)6-15-21-23(31)32-10-33-24(21)36(22(11)15)9-20(38)37-16-4-12(16)5-17(37)25(39)35-19-8-14(40-2)7-18(27)34-19/h3,6-8,10,12,16-17H,4-5,9H2,1-2H3,(H2,31,32,33)(H,34,35,39)/t12-,16-,17+/m1/s1. The van der Waals surface area contributed by atoms with E-state index in [1.165, 1.54) is 13.4 Å². The van der Waals surface area contributed by atoms with Crippen LogP contribution in [0.4, 0.5) is 24.8 Å². The number of fused-ring (bicyclic) bond motifs is 4. The minimum absolute atomic E-state index is 0.0116. The second-order valence-corrected chi connectivity index (χ2v) is 10.9. The number of methoxy groups -OCH3 is 1. The van der Waals surface area contributed by atoms with E-state index in [1.807, 2.05) is 0 Å². The smallest absolute Gasteiger partial charge is 0.416 e. The Bertz CT molecular complexity index is 1710. The second kappa shape index (κ2) is 9.32. The molecule has 1 aliphatic carbocycles. The third kappa shape index (κ3) is 4.39. The minimum atomic E-state index is -4.57. The van der Waals surface area contributed by atoms with Gasteiger partial charge in [-0.2, -0.15) is 13.2 Å². The molecule has 1 aromatic carbocycles. The summed E-state index contributed by atoms with van der Waals surface area (Å²) in [7, 11) is 1.50. The van der Waals surface area contributed by atoms with Gasteiger partial charge in [0.2, 0.25) is 11.8 Å². The Hall–Kier alpha value is -3.94. The maximum Gasteiger partial charge on any atom is 0.416 e. The number of piperidine rings is 1. The Morgan fingerprint density at radius 2 is 1.98 bits per heavy atom. The molecular weight excluding hydrogens is 595 g/mol. The van der Waals surface area contributed by atoms with Crippen molar-refractivity contribution in [1.82, 2.24) is 24.4 Å². The predicted molar refractivity (Wildman–Crippen MR) is 143 cm³/mol. The number of aromatic nitrogens is 4. The Labute approximate surface area is 233 Å². The van der Waals surface area contributed by atoms with Gasteiger partial charge in [0.15, 0.2) is 0 Å². The van der Waals surface area contributed by atoms with Crippen molar-refractivity contribution >= 4 is 61.3 Å². The van der Waals surface area contributed by atoms with E-state index in [0.29, 0.717) is 27.9 Å². The van der Waals surface area contributed by atoms with Crippen LogP contribution < -0.4 is 15.8 Å². The van der Waals surface area contributed by atoms with Gasteiger partial charge in [-0.1, -0.05) is 0 Å². The SMILES string of the molecule is COc1cc(Br)nc(NC(=O)[C@@H]2C[C@H]3C[C@H]3N2C(=O)Cn2c3ncnc(N)c3c3cc(C(F)(F)F)cc(C)c32)c1. The van der Waals surface area contributed by atoms with Gasteiger partial charge in [-0.3, -0.25) is 9.59 Å². The first-order valence-electron chi connectivity index (χ1n) is 12.4. The summed E-state index contributed by atoms with van der Waals surface area (Å²) >= 11 is 3.29. The van der Waals surface area contributed by atoms with E-state index in [0.717, 1.165) is 18.6 Å². The zero-order chi connectivity index (χ0) is 28.5. The van der Waals surface area contributed by atoms with Gasteiger partial charge >= 0.3 is 6.18 Å². The number of halogens is 4. The van der Waals surface area contributed by atoms with Crippen LogP contribution in [-0.2, 0) is 22.3 Å². The molecule has 2 aliphatic rings. The fourth-order valence-electron chi connectivity index (χ4n) is 5.74. The Kier molecular flexibility index (Phi) is 6.13. The zero-order valence-electron chi connectivity index (χ0n) is 21.3. The molecule has 14 heteroatoms. The van der Waals surface area contributed by atoms with E-state index < -0.39 is 17.8 Å². The number of alkyl halides is 3. The summed E-state index contributed by atoms with van der Waals surface area (Å²) in [6, 6.07) is 4.46. The normalized spacial score (nSPS) is 20.1. The van der Waals surface area contributed by atoms with Crippen molar-refractivity contribution < 1.29 is 27.5 Å². The van der Waals surface area contributed by atoms with E-state index in [2.05, 4.69) is 36.2 Å². The van der Waals surface area contributed by atoms with Crippen LogP contribution in [0.2, 0.25) is 0 Å². The van der Waals surface area contributed by atoms with Gasteiger partial charge in [-0.15, -0.1) is 0 Å². The summed E-state index contributed by atoms with van der Waals surface area (Å²) in [5.41, 5.74) is 6.21. The highest BCUT2D eigenvalue weighted by molar-refractivity contribution is 9.10. The van der Waals surface area contributed by atoms with Gasteiger partial charge in [0.05, 0.1) is 23.6 Å². The summed E-state index contributed by atoms with van der Waals surface area (Å²) in [6.07, 6.45) is -2.07. The number of nitrogens with zero attached hydrogens (tertiary/aromatic N) is 5. The van der Waals surface area contributed by atoms with Crippen LogP contribution in [0.25, 0.3) is 21.9 Å². The monoisotopic (exact) mass is 617 g/mol. The first-order valence-corrected chi connectivity index (χ1v) is 13.2. The number of pyridine rings is 1. The number of likely N-dealkylation sites (tertiary alicyclic amines) is 1. The Morgan fingerprint density at radius 3 is 2.70 bits per heavy atom. The maximum atomic E-state index is 13.8. The van der Waals surface area contributed by atoms with Gasteiger partial charge in [0.1, 0.15) is 46.5 Å². The van der Waals surface area contributed by atoms with Crippen LogP contribution >= 0.6 is 15.9 Å². The van der Waals surface area contributed by atoms with Crippen molar-refractivity contribution in [3.05, 3.63) is 46.3 Å². The van der Waals surface area contributed by atoms with Gasteiger partial charge < -0.3 is 25.3 Å². The van der Waals surface area contributed by atoms with E-state index in [9.17, 15) is 22.8 Å². The molecule has 0 bridgehead atoms. The molecule has 6 rings (SSSR count). The van der Waals surface area contributed by atoms with Crippen LogP contribution in [0, 0.1) is 12.8 Å². The lowest BCUT2D eigenvalue weighted by atomic mass is 10.1. The summed E-state index contributed by atoms with van der Waals surface area (Å²) in [5, 5.41) is 3.23. The number of anilines is 2. The number of amides is 2. The molecule has 2 amide bonds. The summed E-state index contributed by atoms with van der Waals surface area (Å²) in [5.74, 6) is 0.258. The van der Waals surface area contributed by atoms with Gasteiger partial charge in [-0.25, -0.2) is 15.0 Å². The third-order valence-electron chi connectivity index (χ3n) is 7.52. The molecule has 208 valence electrons.